The van der Waals surface area contributed by atoms with Gasteiger partial charge in [-0.15, -0.1) is 0 Å². The van der Waals surface area contributed by atoms with Crippen LogP contribution in [-0.2, 0) is 19.0 Å². The first kappa shape index (κ1) is 10.1. The second kappa shape index (κ2) is 3.02. The second-order valence-electron chi connectivity index (χ2n) is 4.38. The predicted molar refractivity (Wildman–Crippen MR) is 48.9 cm³/mol. The summed E-state index contributed by atoms with van der Waals surface area (Å²) >= 11 is 0. The third kappa shape index (κ3) is 1.29. The van der Waals surface area contributed by atoms with Crippen molar-refractivity contribution in [3.8, 4) is 0 Å². The van der Waals surface area contributed by atoms with Crippen LogP contribution in [0.5, 0.6) is 0 Å². The van der Waals surface area contributed by atoms with E-state index < -0.39 is 11.4 Å². The van der Waals surface area contributed by atoms with Gasteiger partial charge < -0.3 is 14.2 Å². The van der Waals surface area contributed by atoms with E-state index in [0.717, 1.165) is 0 Å². The molecule has 1 unspecified atom stereocenters. The van der Waals surface area contributed by atoms with Crippen LogP contribution in [0.1, 0.15) is 27.2 Å². The van der Waals surface area contributed by atoms with Crippen molar-refractivity contribution in [3.63, 3.8) is 0 Å². The fourth-order valence-corrected chi connectivity index (χ4v) is 2.12. The lowest BCUT2D eigenvalue weighted by Crippen LogP contribution is -2.47. The summed E-state index contributed by atoms with van der Waals surface area (Å²) in [6.07, 6.45) is 0.123. The van der Waals surface area contributed by atoms with Gasteiger partial charge in [0.2, 0.25) is 0 Å². The minimum absolute atomic E-state index is 0.0362. The van der Waals surface area contributed by atoms with Gasteiger partial charge in [0.15, 0.2) is 11.6 Å². The lowest BCUT2D eigenvalue weighted by molar-refractivity contribution is -0.226. The van der Waals surface area contributed by atoms with Crippen LogP contribution in [0.25, 0.3) is 0 Å². The van der Waals surface area contributed by atoms with E-state index in [-0.39, 0.29) is 11.9 Å². The van der Waals surface area contributed by atoms with Crippen LogP contribution in [-0.4, -0.2) is 36.5 Å². The molecule has 0 N–H and O–H groups in total. The van der Waals surface area contributed by atoms with Crippen LogP contribution >= 0.6 is 0 Å². The Kier molecular flexibility index (Phi) is 2.17. The number of hydrogen-bond donors (Lipinski definition) is 0. The molecule has 2 heterocycles. The number of carbonyl (C=O) groups is 1. The van der Waals surface area contributed by atoms with E-state index in [2.05, 4.69) is 0 Å². The molecule has 0 aromatic rings. The molecule has 1 spiro atoms. The predicted octanol–water partition coefficient (Wildman–Crippen LogP) is 0.886. The number of ketones is 1. The zero-order chi connectivity index (χ0) is 10.4. The quantitative estimate of drug-likeness (QED) is 0.630. The monoisotopic (exact) mass is 200 g/mol. The van der Waals surface area contributed by atoms with Crippen molar-refractivity contribution in [2.45, 2.75) is 44.7 Å². The number of Topliss-reactive ketones (excluding diaryl/α,β-unsaturated/α-hetero) is 1. The molecule has 2 rings (SSSR count). The molecule has 0 radical (unpaired) electrons. The Bertz CT molecular complexity index is 253. The van der Waals surface area contributed by atoms with Gasteiger partial charge in [-0.2, -0.15) is 0 Å². The smallest absolute Gasteiger partial charge is 0.200 e. The molecule has 0 saturated carbocycles. The second-order valence-corrected chi connectivity index (χ2v) is 4.38. The van der Waals surface area contributed by atoms with Crippen LogP contribution < -0.4 is 0 Å². The summed E-state index contributed by atoms with van der Waals surface area (Å²) in [5.41, 5.74) is -0.542. The highest BCUT2D eigenvalue weighted by atomic mass is 16.8. The van der Waals surface area contributed by atoms with Crippen molar-refractivity contribution in [2.75, 3.05) is 13.2 Å². The Hall–Kier alpha value is -0.450. The molecule has 4 heteroatoms. The lowest BCUT2D eigenvalue weighted by atomic mass is 9.96. The highest BCUT2D eigenvalue weighted by Gasteiger charge is 2.59. The molecule has 14 heavy (non-hydrogen) atoms. The minimum Gasteiger partial charge on any atom is -0.359 e. The Morgan fingerprint density at radius 1 is 1.29 bits per heavy atom. The maximum atomic E-state index is 11.2. The van der Waals surface area contributed by atoms with E-state index in [4.69, 9.17) is 14.2 Å². The molecule has 0 amide bonds. The highest BCUT2D eigenvalue weighted by Crippen LogP contribution is 2.45. The largest absolute Gasteiger partial charge is 0.359 e. The maximum absolute atomic E-state index is 11.2. The SMILES string of the molecule is CC(=O)C1CC2(OCCO2)C(C)(C)O1. The third-order valence-corrected chi connectivity index (χ3v) is 3.02. The fourth-order valence-electron chi connectivity index (χ4n) is 2.12. The van der Waals surface area contributed by atoms with Gasteiger partial charge >= 0.3 is 0 Å². The molecule has 0 aromatic heterocycles. The fraction of sp³-hybridized carbons (Fsp3) is 0.900. The summed E-state index contributed by atoms with van der Waals surface area (Å²) in [5, 5.41) is 0. The molecular weight excluding hydrogens is 184 g/mol. The number of rotatable bonds is 1. The van der Waals surface area contributed by atoms with Crippen LogP contribution in [0, 0.1) is 0 Å². The van der Waals surface area contributed by atoms with Crippen molar-refractivity contribution in [1.82, 2.24) is 0 Å². The Labute approximate surface area is 83.5 Å². The number of carbonyl (C=O) groups excluding carboxylic acids is 1. The number of hydrogen-bond acceptors (Lipinski definition) is 4. The molecule has 2 fully saturated rings. The van der Waals surface area contributed by atoms with Gasteiger partial charge in [0.1, 0.15) is 11.7 Å². The topological polar surface area (TPSA) is 44.8 Å². The Morgan fingerprint density at radius 2 is 1.86 bits per heavy atom. The van der Waals surface area contributed by atoms with Crippen molar-refractivity contribution < 1.29 is 19.0 Å². The van der Waals surface area contributed by atoms with Gasteiger partial charge in [0.25, 0.3) is 0 Å². The summed E-state index contributed by atoms with van der Waals surface area (Å²) in [6.45, 7) is 6.51. The first-order valence-electron chi connectivity index (χ1n) is 4.93. The van der Waals surface area contributed by atoms with Crippen molar-refractivity contribution in [3.05, 3.63) is 0 Å². The third-order valence-electron chi connectivity index (χ3n) is 3.02. The van der Waals surface area contributed by atoms with Crippen molar-refractivity contribution in [1.29, 1.82) is 0 Å². The lowest BCUT2D eigenvalue weighted by Gasteiger charge is -2.33. The van der Waals surface area contributed by atoms with Crippen molar-refractivity contribution >= 4 is 5.78 Å². The van der Waals surface area contributed by atoms with Gasteiger partial charge in [0.05, 0.1) is 13.2 Å². The van der Waals surface area contributed by atoms with E-state index >= 15 is 0 Å². The zero-order valence-corrected chi connectivity index (χ0v) is 8.83. The Morgan fingerprint density at radius 3 is 2.29 bits per heavy atom. The van der Waals surface area contributed by atoms with E-state index in [1.165, 1.54) is 6.92 Å². The molecule has 0 aromatic carbocycles. The minimum atomic E-state index is -0.705. The molecule has 2 saturated heterocycles. The van der Waals surface area contributed by atoms with Gasteiger partial charge in [-0.3, -0.25) is 4.79 Å². The maximum Gasteiger partial charge on any atom is 0.200 e. The molecule has 2 aliphatic heterocycles. The molecular formula is C10H16O4. The molecule has 1 atom stereocenters. The first-order valence-corrected chi connectivity index (χ1v) is 4.93. The summed E-state index contributed by atoms with van der Waals surface area (Å²) in [4.78, 5) is 11.2. The standard InChI is InChI=1S/C10H16O4/c1-7(11)8-6-10(9(2,3)14-8)12-4-5-13-10/h8H,4-6H2,1-3H3. The van der Waals surface area contributed by atoms with E-state index in [1.54, 1.807) is 0 Å². The summed E-state index contributed by atoms with van der Waals surface area (Å²) in [6, 6.07) is 0. The van der Waals surface area contributed by atoms with Gasteiger partial charge in [-0.25, -0.2) is 0 Å². The first-order chi connectivity index (χ1) is 6.47. The Balaban J connectivity index is 2.22. The summed E-state index contributed by atoms with van der Waals surface area (Å²) < 4.78 is 16.8. The van der Waals surface area contributed by atoms with Gasteiger partial charge in [-0.1, -0.05) is 0 Å². The van der Waals surface area contributed by atoms with Crippen molar-refractivity contribution in [2.24, 2.45) is 0 Å². The molecule has 0 aliphatic carbocycles. The molecule has 4 nitrogen and oxygen atoms in total. The summed E-state index contributed by atoms with van der Waals surface area (Å²) in [5.74, 6) is -0.669. The average molecular weight is 200 g/mol. The zero-order valence-electron chi connectivity index (χ0n) is 8.83. The van der Waals surface area contributed by atoms with Crippen LogP contribution in [0.3, 0.4) is 0 Å². The highest BCUT2D eigenvalue weighted by molar-refractivity contribution is 5.81. The number of ether oxygens (including phenoxy) is 3. The molecule has 2 aliphatic rings. The van der Waals surface area contributed by atoms with E-state index in [0.29, 0.717) is 19.6 Å². The average Bonchev–Trinajstić information content (AvgIpc) is 2.60. The van der Waals surface area contributed by atoms with E-state index in [9.17, 15) is 4.79 Å². The summed E-state index contributed by atoms with van der Waals surface area (Å²) in [7, 11) is 0. The van der Waals surface area contributed by atoms with E-state index in [1.807, 2.05) is 13.8 Å². The van der Waals surface area contributed by atoms with Crippen LogP contribution in [0.2, 0.25) is 0 Å². The normalized spacial score (nSPS) is 33.8. The van der Waals surface area contributed by atoms with Gasteiger partial charge in [0, 0.05) is 6.42 Å². The molecule has 0 bridgehead atoms. The van der Waals surface area contributed by atoms with Crippen LogP contribution in [0.15, 0.2) is 0 Å². The molecule has 80 valence electrons. The van der Waals surface area contributed by atoms with Gasteiger partial charge in [-0.05, 0) is 20.8 Å². The van der Waals surface area contributed by atoms with Crippen LogP contribution in [0.4, 0.5) is 0 Å².